The summed E-state index contributed by atoms with van der Waals surface area (Å²) in [7, 11) is 0. The summed E-state index contributed by atoms with van der Waals surface area (Å²) in [5.41, 5.74) is 1.22. The van der Waals surface area contributed by atoms with Crippen molar-refractivity contribution in [1.82, 2.24) is 4.98 Å². The molecule has 3 aromatic heterocycles. The number of hydrogen-bond donors (Lipinski definition) is 2. The standard InChI is InChI=1S/C23H20N2O7/c1-12-5-3-4-6-15(12)13(2)30-22(28)25-19-18(24-11-29-19)16-9-14-10-17(32-20(14)31-16)23(7-8-23)21(26)27/h3-6,9-11,13H,7-8H2,1-2H3,(H,25,28)(H,26,27). The van der Waals surface area contributed by atoms with Crippen LogP contribution in [0.25, 0.3) is 22.6 Å². The molecular formula is C23H20N2O7. The first-order valence-corrected chi connectivity index (χ1v) is 10.1. The number of benzene rings is 1. The van der Waals surface area contributed by atoms with E-state index in [1.54, 1.807) is 19.1 Å². The lowest BCUT2D eigenvalue weighted by molar-refractivity contribution is -0.140. The van der Waals surface area contributed by atoms with Crippen LogP contribution in [0.1, 0.15) is 42.8 Å². The summed E-state index contributed by atoms with van der Waals surface area (Å²) in [6.07, 6.45) is 1.08. The van der Waals surface area contributed by atoms with Gasteiger partial charge in [-0.15, -0.1) is 0 Å². The number of carbonyl (C=O) groups excluding carboxylic acids is 1. The van der Waals surface area contributed by atoms with E-state index in [-0.39, 0.29) is 17.4 Å². The van der Waals surface area contributed by atoms with Crippen LogP contribution < -0.4 is 5.32 Å². The Hall–Kier alpha value is -4.01. The molecular weight excluding hydrogens is 416 g/mol. The first kappa shape index (κ1) is 19.9. The van der Waals surface area contributed by atoms with Crippen LogP contribution >= 0.6 is 0 Å². The number of aryl methyl sites for hydroxylation is 1. The number of carboxylic acids is 1. The summed E-state index contributed by atoms with van der Waals surface area (Å²) in [4.78, 5) is 28.0. The Kier molecular flexibility index (Phi) is 4.54. The SMILES string of the molecule is Cc1ccccc1C(C)OC(=O)Nc1ocnc1-c1cc2cc(C3(C(=O)O)CC3)oc2o1. The molecule has 9 nitrogen and oxygen atoms in total. The normalized spacial score (nSPS) is 15.4. The quantitative estimate of drug-likeness (QED) is 0.410. The van der Waals surface area contributed by atoms with Gasteiger partial charge in [-0.1, -0.05) is 24.3 Å². The summed E-state index contributed by atoms with van der Waals surface area (Å²) in [6, 6.07) is 11.0. The number of ether oxygens (including phenoxy) is 1. The molecule has 1 aromatic carbocycles. The number of nitrogens with one attached hydrogen (secondary N) is 1. The van der Waals surface area contributed by atoms with Gasteiger partial charge in [-0.2, -0.15) is 0 Å². The number of aliphatic carboxylic acids is 1. The molecule has 1 atom stereocenters. The van der Waals surface area contributed by atoms with E-state index in [9.17, 15) is 14.7 Å². The Morgan fingerprint density at radius 2 is 2.00 bits per heavy atom. The number of rotatable bonds is 6. The van der Waals surface area contributed by atoms with E-state index in [0.717, 1.165) is 11.1 Å². The minimum atomic E-state index is -0.958. The third-order valence-corrected chi connectivity index (χ3v) is 5.77. The number of oxazole rings is 1. The molecule has 1 unspecified atom stereocenters. The number of carbonyl (C=O) groups is 2. The van der Waals surface area contributed by atoms with Crippen LogP contribution in [0.4, 0.5) is 10.7 Å². The van der Waals surface area contributed by atoms with Crippen molar-refractivity contribution < 1.29 is 32.7 Å². The van der Waals surface area contributed by atoms with Crippen molar-refractivity contribution in [3.63, 3.8) is 0 Å². The van der Waals surface area contributed by atoms with Crippen LogP contribution in [0.5, 0.6) is 0 Å². The van der Waals surface area contributed by atoms with E-state index >= 15 is 0 Å². The molecule has 1 saturated carbocycles. The summed E-state index contributed by atoms with van der Waals surface area (Å²) < 4.78 is 22.1. The van der Waals surface area contributed by atoms with E-state index in [1.807, 2.05) is 31.2 Å². The number of fused-ring (bicyclic) bond motifs is 1. The molecule has 3 heterocycles. The zero-order valence-corrected chi connectivity index (χ0v) is 17.4. The molecule has 2 N–H and O–H groups in total. The number of hydrogen-bond acceptors (Lipinski definition) is 7. The first-order valence-electron chi connectivity index (χ1n) is 10.1. The van der Waals surface area contributed by atoms with Crippen LogP contribution in [-0.2, 0) is 14.9 Å². The lowest BCUT2D eigenvalue weighted by Gasteiger charge is -2.15. The monoisotopic (exact) mass is 436 g/mol. The minimum Gasteiger partial charge on any atom is -0.480 e. The van der Waals surface area contributed by atoms with Gasteiger partial charge in [-0.05, 0) is 49.9 Å². The average Bonchev–Trinajstić information content (AvgIpc) is 3.05. The van der Waals surface area contributed by atoms with Crippen molar-refractivity contribution in [2.45, 2.75) is 38.2 Å². The third-order valence-electron chi connectivity index (χ3n) is 5.77. The zero-order valence-electron chi connectivity index (χ0n) is 17.4. The molecule has 0 spiro atoms. The maximum atomic E-state index is 12.4. The maximum absolute atomic E-state index is 12.4. The van der Waals surface area contributed by atoms with Crippen LogP contribution in [0, 0.1) is 6.92 Å². The highest BCUT2D eigenvalue weighted by molar-refractivity contribution is 5.90. The van der Waals surface area contributed by atoms with Crippen LogP contribution in [0.3, 0.4) is 0 Å². The second-order valence-electron chi connectivity index (χ2n) is 7.91. The van der Waals surface area contributed by atoms with E-state index in [0.29, 0.717) is 29.7 Å². The highest BCUT2D eigenvalue weighted by Gasteiger charge is 2.54. The molecule has 164 valence electrons. The predicted octanol–water partition coefficient (Wildman–Crippen LogP) is 5.42. The largest absolute Gasteiger partial charge is 0.480 e. The highest BCUT2D eigenvalue weighted by Crippen LogP contribution is 2.50. The van der Waals surface area contributed by atoms with Gasteiger partial charge in [0.25, 0.3) is 5.78 Å². The number of nitrogens with zero attached hydrogens (tertiary/aromatic N) is 1. The number of carboxylic acid groups (broad SMARTS) is 1. The van der Waals surface area contributed by atoms with Crippen molar-refractivity contribution in [3.05, 3.63) is 59.7 Å². The molecule has 9 heteroatoms. The first-order chi connectivity index (χ1) is 15.4. The van der Waals surface area contributed by atoms with Crippen LogP contribution in [-0.4, -0.2) is 22.2 Å². The molecule has 32 heavy (non-hydrogen) atoms. The molecule has 0 aliphatic heterocycles. The van der Waals surface area contributed by atoms with Gasteiger partial charge in [-0.25, -0.2) is 9.78 Å². The molecule has 0 saturated heterocycles. The smallest absolute Gasteiger partial charge is 0.414 e. The number of amides is 1. The predicted molar refractivity (Wildman–Crippen MR) is 112 cm³/mol. The Morgan fingerprint density at radius 1 is 1.22 bits per heavy atom. The summed E-state index contributed by atoms with van der Waals surface area (Å²) >= 11 is 0. The molecule has 0 radical (unpaired) electrons. The molecule has 1 aliphatic rings. The Morgan fingerprint density at radius 3 is 2.69 bits per heavy atom. The second-order valence-corrected chi connectivity index (χ2v) is 7.91. The molecule has 0 bridgehead atoms. The molecule has 5 rings (SSSR count). The van der Waals surface area contributed by atoms with Crippen LogP contribution in [0.15, 0.2) is 56.0 Å². The van der Waals surface area contributed by atoms with E-state index in [1.165, 1.54) is 6.39 Å². The Balaban J connectivity index is 1.33. The van der Waals surface area contributed by atoms with Crippen molar-refractivity contribution in [2.24, 2.45) is 0 Å². The fraction of sp³-hybridized carbons (Fsp3) is 0.261. The summed E-state index contributed by atoms with van der Waals surface area (Å²) in [5.74, 6) is 0.0228. The highest BCUT2D eigenvalue weighted by atomic mass is 16.6. The van der Waals surface area contributed by atoms with Crippen molar-refractivity contribution >= 4 is 29.1 Å². The average molecular weight is 436 g/mol. The lowest BCUT2D eigenvalue weighted by atomic mass is 10.0. The fourth-order valence-electron chi connectivity index (χ4n) is 3.78. The van der Waals surface area contributed by atoms with E-state index in [4.69, 9.17) is 18.0 Å². The van der Waals surface area contributed by atoms with Gasteiger partial charge < -0.3 is 23.1 Å². The van der Waals surface area contributed by atoms with Gasteiger partial charge in [0, 0.05) is 0 Å². The Labute approximate surface area is 182 Å². The third kappa shape index (κ3) is 3.31. The number of furan rings is 2. The minimum absolute atomic E-state index is 0.0628. The topological polar surface area (TPSA) is 128 Å². The van der Waals surface area contributed by atoms with Crippen molar-refractivity contribution in [2.75, 3.05) is 5.32 Å². The second kappa shape index (κ2) is 7.30. The van der Waals surface area contributed by atoms with Gasteiger partial charge >= 0.3 is 12.1 Å². The fourth-order valence-corrected chi connectivity index (χ4v) is 3.78. The Bertz CT molecular complexity index is 1290. The van der Waals surface area contributed by atoms with Gasteiger partial charge in [0.05, 0.1) is 5.39 Å². The van der Waals surface area contributed by atoms with E-state index in [2.05, 4.69) is 10.3 Å². The molecule has 1 fully saturated rings. The van der Waals surface area contributed by atoms with Gasteiger partial charge in [0.15, 0.2) is 17.8 Å². The lowest BCUT2D eigenvalue weighted by Crippen LogP contribution is -2.18. The molecule has 4 aromatic rings. The van der Waals surface area contributed by atoms with Crippen LogP contribution in [0.2, 0.25) is 0 Å². The van der Waals surface area contributed by atoms with E-state index < -0.39 is 23.6 Å². The number of aromatic nitrogens is 1. The summed E-state index contributed by atoms with van der Waals surface area (Å²) in [5, 5.41) is 12.6. The molecule has 1 aliphatic carbocycles. The summed E-state index contributed by atoms with van der Waals surface area (Å²) in [6.45, 7) is 3.73. The van der Waals surface area contributed by atoms with Crippen molar-refractivity contribution in [3.8, 4) is 11.5 Å². The van der Waals surface area contributed by atoms with Crippen molar-refractivity contribution in [1.29, 1.82) is 0 Å². The van der Waals surface area contributed by atoms with Gasteiger partial charge in [0.2, 0.25) is 5.88 Å². The maximum Gasteiger partial charge on any atom is 0.414 e. The zero-order chi connectivity index (χ0) is 22.5. The molecule has 1 amide bonds. The number of anilines is 1. The van der Waals surface area contributed by atoms with Gasteiger partial charge in [-0.3, -0.25) is 10.1 Å². The van der Waals surface area contributed by atoms with Gasteiger partial charge in [0.1, 0.15) is 17.3 Å².